The third-order valence-electron chi connectivity index (χ3n) is 5.66. The van der Waals surface area contributed by atoms with E-state index in [-0.39, 0.29) is 12.0 Å². The normalized spacial score (nSPS) is 15.5. The van der Waals surface area contributed by atoms with Crippen molar-refractivity contribution < 1.29 is 17.9 Å². The van der Waals surface area contributed by atoms with Gasteiger partial charge >= 0.3 is 0 Å². The molecule has 0 aliphatic heterocycles. The van der Waals surface area contributed by atoms with Gasteiger partial charge in [-0.2, -0.15) is 0 Å². The fourth-order valence-electron chi connectivity index (χ4n) is 4.03. The smallest absolute Gasteiger partial charge is 0.248 e. The molecule has 1 unspecified atom stereocenters. The molecule has 0 aromatic heterocycles. The van der Waals surface area contributed by atoms with E-state index in [1.165, 1.54) is 17.1 Å². The highest BCUT2D eigenvalue weighted by molar-refractivity contribution is 7.92. The number of sulfonamides is 1. The number of carbonyl (C=O) groups is 1. The van der Waals surface area contributed by atoms with Gasteiger partial charge in [0.15, 0.2) is 0 Å². The van der Waals surface area contributed by atoms with Crippen molar-refractivity contribution in [2.24, 2.45) is 0 Å². The largest absolute Gasteiger partial charge is 0.490 e. The molecule has 1 aliphatic rings. The van der Waals surface area contributed by atoms with Crippen LogP contribution in [0.15, 0.2) is 42.5 Å². The summed E-state index contributed by atoms with van der Waals surface area (Å²) in [4.78, 5) is 13.1. The van der Waals surface area contributed by atoms with Crippen LogP contribution in [-0.2, 0) is 14.8 Å². The number of ether oxygens (including phenoxy) is 1. The molecule has 1 N–H and O–H groups in total. The highest BCUT2D eigenvalue weighted by Gasteiger charge is 2.32. The van der Waals surface area contributed by atoms with Crippen LogP contribution < -0.4 is 14.4 Å². The van der Waals surface area contributed by atoms with Crippen LogP contribution in [0.25, 0.3) is 0 Å². The summed E-state index contributed by atoms with van der Waals surface area (Å²) in [6.07, 6.45) is 6.32. The van der Waals surface area contributed by atoms with Gasteiger partial charge < -0.3 is 10.1 Å². The minimum absolute atomic E-state index is 0.269. The average molecular weight is 445 g/mol. The summed E-state index contributed by atoms with van der Waals surface area (Å²) in [5, 5.41) is 2.87. The molecule has 0 bridgehead atoms. The topological polar surface area (TPSA) is 75.7 Å². The predicted octanol–water partition coefficient (Wildman–Crippen LogP) is 4.81. The Labute approximate surface area is 185 Å². The fraction of sp³-hybridized carbons (Fsp3) is 0.458. The van der Waals surface area contributed by atoms with Gasteiger partial charge in [0.05, 0.1) is 18.0 Å². The Morgan fingerprint density at radius 1 is 1.13 bits per heavy atom. The zero-order chi connectivity index (χ0) is 22.6. The van der Waals surface area contributed by atoms with E-state index in [0.717, 1.165) is 36.0 Å². The van der Waals surface area contributed by atoms with Crippen molar-refractivity contribution in [3.63, 3.8) is 0 Å². The van der Waals surface area contributed by atoms with Crippen molar-refractivity contribution in [1.82, 2.24) is 0 Å². The highest BCUT2D eigenvalue weighted by atomic mass is 32.2. The van der Waals surface area contributed by atoms with E-state index in [1.54, 1.807) is 12.1 Å². The summed E-state index contributed by atoms with van der Waals surface area (Å²) in [5.74, 6) is 0.420. The zero-order valence-electron chi connectivity index (χ0n) is 18.7. The van der Waals surface area contributed by atoms with Gasteiger partial charge in [0.2, 0.25) is 15.9 Å². The monoisotopic (exact) mass is 444 g/mol. The van der Waals surface area contributed by atoms with E-state index in [2.05, 4.69) is 5.32 Å². The molecule has 2 aromatic carbocycles. The first-order valence-corrected chi connectivity index (χ1v) is 12.7. The molecule has 1 amide bonds. The maximum absolute atomic E-state index is 13.1. The zero-order valence-corrected chi connectivity index (χ0v) is 19.5. The van der Waals surface area contributed by atoms with Crippen LogP contribution in [0.1, 0.15) is 50.2 Å². The minimum atomic E-state index is -3.67. The van der Waals surface area contributed by atoms with Gasteiger partial charge in [0.1, 0.15) is 11.8 Å². The Bertz CT molecular complexity index is 1010. The number of rotatable bonds is 8. The van der Waals surface area contributed by atoms with E-state index in [4.69, 9.17) is 4.74 Å². The summed E-state index contributed by atoms with van der Waals surface area (Å²) in [7, 11) is -3.67. The third-order valence-corrected chi connectivity index (χ3v) is 6.82. The summed E-state index contributed by atoms with van der Waals surface area (Å²) < 4.78 is 32.6. The molecule has 0 heterocycles. The standard InChI is InChI=1S/C24H32N2O4S/c1-5-22(26(31(4,28)29)23-16-17(2)10-11-18(23)3)24(27)25-19-12-14-21(15-13-19)30-20-8-6-7-9-20/h10-16,20,22H,5-9H2,1-4H3,(H,25,27). The summed E-state index contributed by atoms with van der Waals surface area (Å²) in [6, 6.07) is 12.0. The van der Waals surface area contributed by atoms with Gasteiger partial charge in [0, 0.05) is 5.69 Å². The lowest BCUT2D eigenvalue weighted by molar-refractivity contribution is -0.117. The minimum Gasteiger partial charge on any atom is -0.490 e. The number of carbonyl (C=O) groups excluding carboxylic acids is 1. The maximum Gasteiger partial charge on any atom is 0.248 e. The van der Waals surface area contributed by atoms with Crippen molar-refractivity contribution >= 4 is 27.3 Å². The molecule has 1 fully saturated rings. The van der Waals surface area contributed by atoms with Crippen molar-refractivity contribution in [3.05, 3.63) is 53.6 Å². The molecule has 3 rings (SSSR count). The first-order chi connectivity index (χ1) is 14.7. The third kappa shape index (κ3) is 5.79. The number of amides is 1. The van der Waals surface area contributed by atoms with Crippen molar-refractivity contribution in [1.29, 1.82) is 0 Å². The lowest BCUT2D eigenvalue weighted by Crippen LogP contribution is -2.47. The lowest BCUT2D eigenvalue weighted by atomic mass is 10.1. The summed E-state index contributed by atoms with van der Waals surface area (Å²) in [6.45, 7) is 5.56. The van der Waals surface area contributed by atoms with Crippen molar-refractivity contribution in [2.75, 3.05) is 15.9 Å². The van der Waals surface area contributed by atoms with E-state index in [0.29, 0.717) is 17.8 Å². The molecule has 0 spiro atoms. The molecule has 1 aliphatic carbocycles. The number of nitrogens with one attached hydrogen (secondary N) is 1. The van der Waals surface area contributed by atoms with Crippen molar-refractivity contribution in [2.45, 2.75) is 65.0 Å². The predicted molar refractivity (Wildman–Crippen MR) is 125 cm³/mol. The van der Waals surface area contributed by atoms with E-state index in [1.807, 2.05) is 51.1 Å². The number of anilines is 2. The first kappa shape index (κ1) is 23.1. The second kappa shape index (κ2) is 9.73. The van der Waals surface area contributed by atoms with Crippen LogP contribution in [0.2, 0.25) is 0 Å². The maximum atomic E-state index is 13.1. The van der Waals surface area contributed by atoms with E-state index in [9.17, 15) is 13.2 Å². The van der Waals surface area contributed by atoms with E-state index >= 15 is 0 Å². The Hall–Kier alpha value is -2.54. The summed E-state index contributed by atoms with van der Waals surface area (Å²) >= 11 is 0. The summed E-state index contributed by atoms with van der Waals surface area (Å²) in [5.41, 5.74) is 2.87. The Kier molecular flexibility index (Phi) is 7.26. The van der Waals surface area contributed by atoms with Crippen LogP contribution in [0.4, 0.5) is 11.4 Å². The highest BCUT2D eigenvalue weighted by Crippen LogP contribution is 2.29. The van der Waals surface area contributed by atoms with Crippen LogP contribution in [0.5, 0.6) is 5.75 Å². The van der Waals surface area contributed by atoms with Crippen LogP contribution >= 0.6 is 0 Å². The van der Waals surface area contributed by atoms with Gasteiger partial charge in [-0.3, -0.25) is 9.10 Å². The van der Waals surface area contributed by atoms with Crippen LogP contribution in [0, 0.1) is 13.8 Å². The molecule has 7 heteroatoms. The SMILES string of the molecule is CCC(C(=O)Nc1ccc(OC2CCCC2)cc1)N(c1cc(C)ccc1C)S(C)(=O)=O. The van der Waals surface area contributed by atoms with Gasteiger partial charge in [-0.1, -0.05) is 19.1 Å². The molecule has 1 atom stereocenters. The lowest BCUT2D eigenvalue weighted by Gasteiger charge is -2.31. The number of benzene rings is 2. The second-order valence-corrected chi connectivity index (χ2v) is 10.2. The van der Waals surface area contributed by atoms with Gasteiger partial charge in [-0.05, 0) is 87.4 Å². The Balaban J connectivity index is 1.79. The van der Waals surface area contributed by atoms with Gasteiger partial charge in [-0.25, -0.2) is 8.42 Å². The average Bonchev–Trinajstić information content (AvgIpc) is 3.21. The number of aryl methyl sites for hydroxylation is 2. The van der Waals surface area contributed by atoms with Crippen molar-refractivity contribution in [3.8, 4) is 5.75 Å². The first-order valence-electron chi connectivity index (χ1n) is 10.8. The molecule has 0 radical (unpaired) electrons. The number of hydrogen-bond donors (Lipinski definition) is 1. The van der Waals surface area contributed by atoms with Gasteiger partial charge in [0.25, 0.3) is 0 Å². The number of hydrogen-bond acceptors (Lipinski definition) is 4. The number of nitrogens with zero attached hydrogens (tertiary/aromatic N) is 1. The van der Waals surface area contributed by atoms with Crippen LogP contribution in [-0.4, -0.2) is 32.7 Å². The Morgan fingerprint density at radius 3 is 2.35 bits per heavy atom. The Morgan fingerprint density at radius 2 is 1.77 bits per heavy atom. The van der Waals surface area contributed by atoms with Crippen LogP contribution in [0.3, 0.4) is 0 Å². The quantitative estimate of drug-likeness (QED) is 0.634. The molecule has 6 nitrogen and oxygen atoms in total. The molecule has 0 saturated heterocycles. The molecule has 1 saturated carbocycles. The van der Waals surface area contributed by atoms with Gasteiger partial charge in [-0.15, -0.1) is 0 Å². The molecule has 168 valence electrons. The molecular formula is C24H32N2O4S. The molecular weight excluding hydrogens is 412 g/mol. The fourth-order valence-corrected chi connectivity index (χ4v) is 5.29. The second-order valence-electron chi connectivity index (χ2n) is 8.31. The molecule has 2 aromatic rings. The molecule has 31 heavy (non-hydrogen) atoms. The van der Waals surface area contributed by atoms with E-state index < -0.39 is 16.1 Å².